The first-order valence-electron chi connectivity index (χ1n) is 8.04. The third-order valence-electron chi connectivity index (χ3n) is 4.22. The average Bonchev–Trinajstić information content (AvgIpc) is 2.64. The Morgan fingerprint density at radius 3 is 2.84 bits per heavy atom. The molecule has 1 atom stereocenters. The van der Waals surface area contributed by atoms with Crippen molar-refractivity contribution in [3.05, 3.63) is 65.2 Å². The first kappa shape index (κ1) is 17.4. The van der Waals surface area contributed by atoms with E-state index in [0.29, 0.717) is 31.0 Å². The summed E-state index contributed by atoms with van der Waals surface area (Å²) in [4.78, 5) is 14.2. The number of carbonyl (C=O) groups is 1. The highest BCUT2D eigenvalue weighted by Gasteiger charge is 2.26. The van der Waals surface area contributed by atoms with Gasteiger partial charge in [-0.3, -0.25) is 4.79 Å². The lowest BCUT2D eigenvalue weighted by molar-refractivity contribution is -0.138. The minimum atomic E-state index is -0.916. The van der Waals surface area contributed by atoms with E-state index in [9.17, 15) is 13.6 Å². The van der Waals surface area contributed by atoms with Crippen LogP contribution >= 0.6 is 0 Å². The Morgan fingerprint density at radius 2 is 2.08 bits per heavy atom. The van der Waals surface area contributed by atoms with E-state index in [4.69, 9.17) is 9.47 Å². The molecule has 3 rings (SSSR count). The molecular weight excluding hydrogens is 328 g/mol. The molecular formula is C19H19F2NO3. The van der Waals surface area contributed by atoms with Gasteiger partial charge in [-0.25, -0.2) is 8.78 Å². The molecule has 0 spiro atoms. The summed E-state index contributed by atoms with van der Waals surface area (Å²) in [5, 5.41) is 0. The molecule has 132 valence electrons. The minimum Gasteiger partial charge on any atom is -0.497 e. The molecule has 1 unspecified atom stereocenters. The number of amides is 1. The van der Waals surface area contributed by atoms with Crippen molar-refractivity contribution in [2.24, 2.45) is 0 Å². The lowest BCUT2D eigenvalue weighted by Gasteiger charge is -2.33. The first-order chi connectivity index (χ1) is 12.1. The number of hydrogen-bond donors (Lipinski definition) is 0. The molecule has 2 aromatic carbocycles. The smallest absolute Gasteiger partial charge is 0.227 e. The minimum absolute atomic E-state index is 0.0378. The third kappa shape index (κ3) is 4.14. The van der Waals surface area contributed by atoms with Gasteiger partial charge in [-0.2, -0.15) is 0 Å². The maximum atomic E-state index is 13.4. The van der Waals surface area contributed by atoms with Crippen LogP contribution in [0, 0.1) is 11.6 Å². The Morgan fingerprint density at radius 1 is 1.24 bits per heavy atom. The number of methoxy groups -OCH3 is 1. The number of morpholine rings is 1. The molecule has 6 heteroatoms. The molecule has 0 N–H and O–H groups in total. The predicted molar refractivity (Wildman–Crippen MR) is 88.3 cm³/mol. The van der Waals surface area contributed by atoms with Crippen molar-refractivity contribution in [3.63, 3.8) is 0 Å². The molecule has 1 saturated heterocycles. The second kappa shape index (κ2) is 7.61. The van der Waals surface area contributed by atoms with Gasteiger partial charge in [0, 0.05) is 6.54 Å². The Bertz CT molecular complexity index is 766. The fourth-order valence-electron chi connectivity index (χ4n) is 2.86. The standard InChI is InChI=1S/C19H19F2NO3/c1-24-15-4-2-3-13(9-15)10-19(23)22-7-8-25-18(12-22)14-5-6-16(20)17(21)11-14/h2-6,9,11,18H,7-8,10,12H2,1H3. The van der Waals surface area contributed by atoms with E-state index in [2.05, 4.69) is 0 Å². The second-order valence-electron chi connectivity index (χ2n) is 5.90. The topological polar surface area (TPSA) is 38.8 Å². The van der Waals surface area contributed by atoms with Gasteiger partial charge in [-0.15, -0.1) is 0 Å². The summed E-state index contributed by atoms with van der Waals surface area (Å²) >= 11 is 0. The van der Waals surface area contributed by atoms with Crippen LogP contribution in [0.2, 0.25) is 0 Å². The van der Waals surface area contributed by atoms with Crippen molar-refractivity contribution >= 4 is 5.91 Å². The van der Waals surface area contributed by atoms with Crippen molar-refractivity contribution in [2.45, 2.75) is 12.5 Å². The largest absolute Gasteiger partial charge is 0.497 e. The number of nitrogens with zero attached hydrogens (tertiary/aromatic N) is 1. The predicted octanol–water partition coefficient (Wildman–Crippen LogP) is 3.12. The maximum absolute atomic E-state index is 13.4. The zero-order valence-electron chi connectivity index (χ0n) is 13.9. The summed E-state index contributed by atoms with van der Waals surface area (Å²) in [6.07, 6.45) is -0.208. The van der Waals surface area contributed by atoms with Gasteiger partial charge in [0.25, 0.3) is 0 Å². The maximum Gasteiger partial charge on any atom is 0.227 e. The van der Waals surface area contributed by atoms with E-state index >= 15 is 0 Å². The van der Waals surface area contributed by atoms with Crippen LogP contribution in [-0.2, 0) is 16.0 Å². The molecule has 1 aliphatic rings. The summed E-state index contributed by atoms with van der Waals surface area (Å²) in [6, 6.07) is 11.0. The molecule has 0 aromatic heterocycles. The number of halogens is 2. The summed E-state index contributed by atoms with van der Waals surface area (Å²) in [5.74, 6) is -1.15. The molecule has 2 aromatic rings. The van der Waals surface area contributed by atoms with E-state index in [1.807, 2.05) is 24.3 Å². The zero-order valence-corrected chi connectivity index (χ0v) is 13.9. The third-order valence-corrected chi connectivity index (χ3v) is 4.22. The summed E-state index contributed by atoms with van der Waals surface area (Å²) in [7, 11) is 1.58. The number of hydrogen-bond acceptors (Lipinski definition) is 3. The Hall–Kier alpha value is -2.47. The van der Waals surface area contributed by atoms with Gasteiger partial charge in [-0.1, -0.05) is 18.2 Å². The van der Waals surface area contributed by atoms with Crippen LogP contribution in [-0.4, -0.2) is 37.6 Å². The van der Waals surface area contributed by atoms with Crippen molar-refractivity contribution in [1.82, 2.24) is 4.90 Å². The Balaban J connectivity index is 1.67. The molecule has 0 aliphatic carbocycles. The van der Waals surface area contributed by atoms with Gasteiger partial charge < -0.3 is 14.4 Å². The number of rotatable bonds is 4. The second-order valence-corrected chi connectivity index (χ2v) is 5.90. The van der Waals surface area contributed by atoms with Crippen LogP contribution in [0.1, 0.15) is 17.2 Å². The van der Waals surface area contributed by atoms with Crippen LogP contribution in [0.15, 0.2) is 42.5 Å². The van der Waals surface area contributed by atoms with Gasteiger partial charge in [0.1, 0.15) is 11.9 Å². The highest BCUT2D eigenvalue weighted by Crippen LogP contribution is 2.24. The molecule has 0 radical (unpaired) electrons. The average molecular weight is 347 g/mol. The van der Waals surface area contributed by atoms with Crippen LogP contribution in [0.25, 0.3) is 0 Å². The normalized spacial score (nSPS) is 17.4. The van der Waals surface area contributed by atoms with Gasteiger partial charge in [0.15, 0.2) is 11.6 Å². The molecule has 0 saturated carbocycles. The molecule has 1 heterocycles. The highest BCUT2D eigenvalue weighted by molar-refractivity contribution is 5.79. The molecule has 0 bridgehead atoms. The van der Waals surface area contributed by atoms with Crippen LogP contribution < -0.4 is 4.74 Å². The van der Waals surface area contributed by atoms with Gasteiger partial charge in [0.2, 0.25) is 5.91 Å². The van der Waals surface area contributed by atoms with Crippen LogP contribution in [0.4, 0.5) is 8.78 Å². The van der Waals surface area contributed by atoms with Crippen molar-refractivity contribution in [2.75, 3.05) is 26.8 Å². The van der Waals surface area contributed by atoms with Gasteiger partial charge in [-0.05, 0) is 35.4 Å². The Labute approximate surface area is 145 Å². The molecule has 1 fully saturated rings. The van der Waals surface area contributed by atoms with Crippen LogP contribution in [0.5, 0.6) is 5.75 Å². The summed E-state index contributed by atoms with van der Waals surface area (Å²) in [5.41, 5.74) is 1.39. The number of carbonyl (C=O) groups excluding carboxylic acids is 1. The molecule has 1 amide bonds. The molecule has 1 aliphatic heterocycles. The summed E-state index contributed by atoms with van der Waals surface area (Å²) in [6.45, 7) is 1.14. The number of ether oxygens (including phenoxy) is 2. The van der Waals surface area contributed by atoms with Gasteiger partial charge >= 0.3 is 0 Å². The zero-order chi connectivity index (χ0) is 17.8. The molecule has 25 heavy (non-hydrogen) atoms. The summed E-state index contributed by atoms with van der Waals surface area (Å²) < 4.78 is 37.3. The fraction of sp³-hybridized carbons (Fsp3) is 0.316. The van der Waals surface area contributed by atoms with Crippen LogP contribution in [0.3, 0.4) is 0 Å². The van der Waals surface area contributed by atoms with E-state index in [0.717, 1.165) is 17.7 Å². The fourth-order valence-corrected chi connectivity index (χ4v) is 2.86. The first-order valence-corrected chi connectivity index (χ1v) is 8.04. The monoisotopic (exact) mass is 347 g/mol. The van der Waals surface area contributed by atoms with E-state index in [-0.39, 0.29) is 12.3 Å². The van der Waals surface area contributed by atoms with Gasteiger partial charge in [0.05, 0.1) is 26.7 Å². The van der Waals surface area contributed by atoms with E-state index in [1.165, 1.54) is 6.07 Å². The van der Waals surface area contributed by atoms with E-state index < -0.39 is 17.7 Å². The lowest BCUT2D eigenvalue weighted by atomic mass is 10.1. The SMILES string of the molecule is COc1cccc(CC(=O)N2CCOC(c3ccc(F)c(F)c3)C2)c1. The Kier molecular flexibility index (Phi) is 5.28. The van der Waals surface area contributed by atoms with Crippen molar-refractivity contribution < 1.29 is 23.0 Å². The molecule has 4 nitrogen and oxygen atoms in total. The highest BCUT2D eigenvalue weighted by atomic mass is 19.2. The number of benzene rings is 2. The van der Waals surface area contributed by atoms with Crippen molar-refractivity contribution in [3.8, 4) is 5.75 Å². The van der Waals surface area contributed by atoms with E-state index in [1.54, 1.807) is 12.0 Å². The lowest BCUT2D eigenvalue weighted by Crippen LogP contribution is -2.43. The van der Waals surface area contributed by atoms with Crippen molar-refractivity contribution in [1.29, 1.82) is 0 Å². The quantitative estimate of drug-likeness (QED) is 0.853.